The Bertz CT molecular complexity index is 636. The third kappa shape index (κ3) is 4.25. The highest BCUT2D eigenvalue weighted by atomic mass is 16.5. The van der Waals surface area contributed by atoms with Gasteiger partial charge in [-0.3, -0.25) is 0 Å². The van der Waals surface area contributed by atoms with Crippen LogP contribution in [0.2, 0.25) is 0 Å². The van der Waals surface area contributed by atoms with Crippen LogP contribution in [0.1, 0.15) is 24.0 Å². The summed E-state index contributed by atoms with van der Waals surface area (Å²) in [4.78, 5) is 13.8. The second-order valence-corrected chi connectivity index (χ2v) is 5.83. The Morgan fingerprint density at radius 2 is 1.78 bits per heavy atom. The van der Waals surface area contributed by atoms with Crippen molar-refractivity contribution in [1.82, 2.24) is 10.2 Å². The monoisotopic (exact) mass is 310 g/mol. The number of hydrogen-bond donors (Lipinski definition) is 1. The molecule has 120 valence electrons. The van der Waals surface area contributed by atoms with E-state index in [4.69, 9.17) is 4.74 Å². The van der Waals surface area contributed by atoms with Gasteiger partial charge in [0.2, 0.25) is 0 Å². The molecule has 4 nitrogen and oxygen atoms in total. The summed E-state index contributed by atoms with van der Waals surface area (Å²) in [5.74, 6) is 0.843. The summed E-state index contributed by atoms with van der Waals surface area (Å²) in [7, 11) is 1.68. The van der Waals surface area contributed by atoms with Crippen molar-refractivity contribution in [2.24, 2.45) is 0 Å². The quantitative estimate of drug-likeness (QED) is 0.886. The van der Waals surface area contributed by atoms with Gasteiger partial charge >= 0.3 is 6.03 Å². The van der Waals surface area contributed by atoms with Gasteiger partial charge in [-0.2, -0.15) is 0 Å². The molecule has 3 rings (SSSR count). The number of amides is 2. The SMILES string of the molecule is CNC(=O)N(Cc1ccc(OCc2ccccc2)cc1)C1CC1. The highest BCUT2D eigenvalue weighted by Gasteiger charge is 2.32. The first-order chi connectivity index (χ1) is 11.3. The van der Waals surface area contributed by atoms with E-state index in [1.54, 1.807) is 7.05 Å². The fraction of sp³-hybridized carbons (Fsp3) is 0.316. The summed E-state index contributed by atoms with van der Waals surface area (Å²) in [6.45, 7) is 1.20. The zero-order valence-electron chi connectivity index (χ0n) is 13.4. The molecule has 2 amide bonds. The third-order valence-electron chi connectivity index (χ3n) is 3.99. The number of ether oxygens (including phenoxy) is 1. The summed E-state index contributed by atoms with van der Waals surface area (Å²) < 4.78 is 5.79. The molecule has 1 N–H and O–H groups in total. The van der Waals surface area contributed by atoms with E-state index < -0.39 is 0 Å². The lowest BCUT2D eigenvalue weighted by Crippen LogP contribution is -2.39. The molecule has 0 atom stereocenters. The molecular weight excluding hydrogens is 288 g/mol. The molecule has 0 unspecified atom stereocenters. The summed E-state index contributed by atoms with van der Waals surface area (Å²) in [5.41, 5.74) is 2.27. The van der Waals surface area contributed by atoms with Crippen LogP contribution in [0.5, 0.6) is 5.75 Å². The van der Waals surface area contributed by atoms with E-state index >= 15 is 0 Å². The van der Waals surface area contributed by atoms with Crippen LogP contribution in [0.4, 0.5) is 4.79 Å². The van der Waals surface area contributed by atoms with Gasteiger partial charge < -0.3 is 15.0 Å². The van der Waals surface area contributed by atoms with Crippen molar-refractivity contribution in [2.45, 2.75) is 32.0 Å². The molecule has 0 heterocycles. The van der Waals surface area contributed by atoms with Crippen LogP contribution < -0.4 is 10.1 Å². The van der Waals surface area contributed by atoms with E-state index in [0.29, 0.717) is 19.2 Å². The number of nitrogens with one attached hydrogen (secondary N) is 1. The average molecular weight is 310 g/mol. The molecule has 0 bridgehead atoms. The smallest absolute Gasteiger partial charge is 0.317 e. The minimum absolute atomic E-state index is 0.00287. The van der Waals surface area contributed by atoms with Gasteiger partial charge in [0, 0.05) is 19.6 Å². The fourth-order valence-electron chi connectivity index (χ4n) is 2.53. The van der Waals surface area contributed by atoms with E-state index in [-0.39, 0.29) is 6.03 Å². The van der Waals surface area contributed by atoms with Crippen LogP contribution >= 0.6 is 0 Å². The summed E-state index contributed by atoms with van der Waals surface area (Å²) in [6, 6.07) is 18.5. The molecule has 1 aliphatic carbocycles. The Labute approximate surface area is 137 Å². The van der Waals surface area contributed by atoms with Crippen molar-refractivity contribution in [3.05, 3.63) is 65.7 Å². The lowest BCUT2D eigenvalue weighted by molar-refractivity contribution is 0.194. The third-order valence-corrected chi connectivity index (χ3v) is 3.99. The molecule has 0 spiro atoms. The average Bonchev–Trinajstić information content (AvgIpc) is 3.44. The molecule has 2 aromatic rings. The van der Waals surface area contributed by atoms with Crippen molar-refractivity contribution in [3.8, 4) is 5.75 Å². The number of hydrogen-bond acceptors (Lipinski definition) is 2. The second kappa shape index (κ2) is 7.18. The van der Waals surface area contributed by atoms with Gasteiger partial charge in [-0.15, -0.1) is 0 Å². The van der Waals surface area contributed by atoms with Crippen LogP contribution in [0, 0.1) is 0 Å². The lowest BCUT2D eigenvalue weighted by Gasteiger charge is -2.22. The van der Waals surface area contributed by atoms with Crippen LogP contribution in [0.15, 0.2) is 54.6 Å². The van der Waals surface area contributed by atoms with Crippen LogP contribution in [0.25, 0.3) is 0 Å². The van der Waals surface area contributed by atoms with Gasteiger partial charge in [-0.25, -0.2) is 4.79 Å². The topological polar surface area (TPSA) is 41.6 Å². The van der Waals surface area contributed by atoms with E-state index in [2.05, 4.69) is 5.32 Å². The van der Waals surface area contributed by atoms with Gasteiger partial charge in [0.05, 0.1) is 0 Å². The van der Waals surface area contributed by atoms with Gasteiger partial charge in [-0.1, -0.05) is 42.5 Å². The molecule has 0 saturated heterocycles. The van der Waals surface area contributed by atoms with Gasteiger partial charge in [-0.05, 0) is 36.1 Å². The van der Waals surface area contributed by atoms with Crippen LogP contribution in [0.3, 0.4) is 0 Å². The molecule has 1 saturated carbocycles. The molecule has 23 heavy (non-hydrogen) atoms. The Balaban J connectivity index is 1.57. The molecule has 0 aliphatic heterocycles. The highest BCUT2D eigenvalue weighted by Crippen LogP contribution is 2.28. The number of urea groups is 1. The van der Waals surface area contributed by atoms with E-state index in [9.17, 15) is 4.79 Å². The number of nitrogens with zero attached hydrogens (tertiary/aromatic N) is 1. The zero-order valence-corrected chi connectivity index (χ0v) is 13.4. The van der Waals surface area contributed by atoms with Crippen molar-refractivity contribution in [3.63, 3.8) is 0 Å². The van der Waals surface area contributed by atoms with Crippen molar-refractivity contribution >= 4 is 6.03 Å². The predicted molar refractivity (Wildman–Crippen MR) is 90.2 cm³/mol. The first kappa shape index (κ1) is 15.4. The zero-order chi connectivity index (χ0) is 16.1. The summed E-state index contributed by atoms with van der Waals surface area (Å²) in [5, 5.41) is 2.72. The highest BCUT2D eigenvalue weighted by molar-refractivity contribution is 5.74. The van der Waals surface area contributed by atoms with Crippen molar-refractivity contribution < 1.29 is 9.53 Å². The Kier molecular flexibility index (Phi) is 4.81. The van der Waals surface area contributed by atoms with Crippen LogP contribution in [-0.4, -0.2) is 24.0 Å². The lowest BCUT2D eigenvalue weighted by atomic mass is 10.2. The molecule has 1 fully saturated rings. The molecular formula is C19H22N2O2. The minimum Gasteiger partial charge on any atom is -0.489 e. The van der Waals surface area contributed by atoms with Crippen LogP contribution in [-0.2, 0) is 13.2 Å². The first-order valence-electron chi connectivity index (χ1n) is 8.00. The fourth-order valence-corrected chi connectivity index (χ4v) is 2.53. The molecule has 4 heteroatoms. The second-order valence-electron chi connectivity index (χ2n) is 5.83. The standard InChI is InChI=1S/C19H22N2O2/c1-20-19(22)21(17-9-10-17)13-15-7-11-18(12-8-15)23-14-16-5-3-2-4-6-16/h2-8,11-12,17H,9-10,13-14H2,1H3,(H,20,22). The normalized spacial score (nSPS) is 13.4. The maximum atomic E-state index is 11.9. The van der Waals surface area contributed by atoms with Gasteiger partial charge in [0.1, 0.15) is 12.4 Å². The molecule has 1 aliphatic rings. The Hall–Kier alpha value is -2.49. The van der Waals surface area contributed by atoms with Crippen molar-refractivity contribution in [2.75, 3.05) is 7.05 Å². The van der Waals surface area contributed by atoms with E-state index in [1.165, 1.54) is 0 Å². The number of carbonyl (C=O) groups excluding carboxylic acids is 1. The number of rotatable bonds is 6. The number of benzene rings is 2. The molecule has 2 aromatic carbocycles. The maximum absolute atomic E-state index is 11.9. The van der Waals surface area contributed by atoms with Gasteiger partial charge in [0.25, 0.3) is 0 Å². The summed E-state index contributed by atoms with van der Waals surface area (Å²) in [6.07, 6.45) is 2.21. The first-order valence-corrected chi connectivity index (χ1v) is 8.00. The van der Waals surface area contributed by atoms with E-state index in [0.717, 1.165) is 29.7 Å². The number of carbonyl (C=O) groups is 1. The molecule has 0 aromatic heterocycles. The Morgan fingerprint density at radius 3 is 2.39 bits per heavy atom. The Morgan fingerprint density at radius 1 is 1.09 bits per heavy atom. The summed E-state index contributed by atoms with van der Waals surface area (Å²) >= 11 is 0. The maximum Gasteiger partial charge on any atom is 0.317 e. The minimum atomic E-state index is -0.00287. The van der Waals surface area contributed by atoms with E-state index in [1.807, 2.05) is 59.5 Å². The largest absolute Gasteiger partial charge is 0.489 e. The molecule has 0 radical (unpaired) electrons. The predicted octanol–water partition coefficient (Wildman–Crippen LogP) is 3.57. The van der Waals surface area contributed by atoms with Crippen molar-refractivity contribution in [1.29, 1.82) is 0 Å². The van der Waals surface area contributed by atoms with Gasteiger partial charge in [0.15, 0.2) is 0 Å².